The van der Waals surface area contributed by atoms with E-state index in [0.29, 0.717) is 13.0 Å². The largest absolute Gasteiger partial charge is 0.493 e. The van der Waals surface area contributed by atoms with Gasteiger partial charge >= 0.3 is 0 Å². The van der Waals surface area contributed by atoms with Crippen LogP contribution >= 0.6 is 0 Å². The number of nitrogens with one attached hydrogen (secondary N) is 1. The van der Waals surface area contributed by atoms with Gasteiger partial charge in [0.15, 0.2) is 5.96 Å². The molecule has 0 bridgehead atoms. The maximum atomic E-state index is 12.4. The lowest BCUT2D eigenvalue weighted by atomic mass is 10.0. The van der Waals surface area contributed by atoms with Crippen molar-refractivity contribution in [1.29, 1.82) is 0 Å². The molecular formula is C14H17F2N3O. The molecule has 1 fully saturated rings. The van der Waals surface area contributed by atoms with Crippen molar-refractivity contribution in [3.8, 4) is 5.75 Å². The number of benzene rings is 1. The molecule has 4 nitrogen and oxygen atoms in total. The van der Waals surface area contributed by atoms with Crippen LogP contribution in [-0.2, 0) is 0 Å². The quantitative estimate of drug-likeness (QED) is 0.658. The van der Waals surface area contributed by atoms with E-state index in [4.69, 9.17) is 10.5 Å². The SMILES string of the molecule is NC(=NC1CCOc2ccccc21)N[C@H]1C[C@@H]1C(F)F. The Labute approximate surface area is 116 Å². The summed E-state index contributed by atoms with van der Waals surface area (Å²) in [6, 6.07) is 7.37. The van der Waals surface area contributed by atoms with Crippen LogP contribution in [0.15, 0.2) is 29.3 Å². The number of nitrogens with zero attached hydrogens (tertiary/aromatic N) is 1. The summed E-state index contributed by atoms with van der Waals surface area (Å²) in [6.07, 6.45) is -1.09. The van der Waals surface area contributed by atoms with Crippen molar-refractivity contribution < 1.29 is 13.5 Å². The molecule has 1 aliphatic carbocycles. The Balaban J connectivity index is 1.67. The van der Waals surface area contributed by atoms with Crippen molar-refractivity contribution in [1.82, 2.24) is 5.32 Å². The average molecular weight is 281 g/mol. The third-order valence-corrected chi connectivity index (χ3v) is 3.72. The van der Waals surface area contributed by atoms with Crippen LogP contribution in [0.25, 0.3) is 0 Å². The number of hydrogen-bond acceptors (Lipinski definition) is 2. The molecular weight excluding hydrogens is 264 g/mol. The van der Waals surface area contributed by atoms with E-state index >= 15 is 0 Å². The maximum Gasteiger partial charge on any atom is 0.243 e. The van der Waals surface area contributed by atoms with Gasteiger partial charge in [-0.2, -0.15) is 0 Å². The van der Waals surface area contributed by atoms with E-state index in [0.717, 1.165) is 17.7 Å². The highest BCUT2D eigenvalue weighted by molar-refractivity contribution is 5.79. The lowest BCUT2D eigenvalue weighted by Gasteiger charge is -2.23. The minimum Gasteiger partial charge on any atom is -0.493 e. The fraction of sp³-hybridized carbons (Fsp3) is 0.500. The summed E-state index contributed by atoms with van der Waals surface area (Å²) in [6.45, 7) is 0.585. The molecule has 0 amide bonds. The van der Waals surface area contributed by atoms with Gasteiger partial charge in [-0.3, -0.25) is 0 Å². The fourth-order valence-electron chi connectivity index (χ4n) is 2.51. The van der Waals surface area contributed by atoms with E-state index in [1.165, 1.54) is 0 Å². The second-order valence-electron chi connectivity index (χ2n) is 5.19. The number of para-hydroxylation sites is 1. The maximum absolute atomic E-state index is 12.4. The molecule has 1 unspecified atom stereocenters. The van der Waals surface area contributed by atoms with E-state index < -0.39 is 12.3 Å². The van der Waals surface area contributed by atoms with Gasteiger partial charge in [0.25, 0.3) is 0 Å². The van der Waals surface area contributed by atoms with Crippen molar-refractivity contribution in [3.05, 3.63) is 29.8 Å². The Morgan fingerprint density at radius 2 is 2.20 bits per heavy atom. The van der Waals surface area contributed by atoms with E-state index in [-0.39, 0.29) is 18.0 Å². The molecule has 0 spiro atoms. The molecule has 1 saturated carbocycles. The minimum atomic E-state index is -2.29. The number of rotatable bonds is 3. The van der Waals surface area contributed by atoms with E-state index in [2.05, 4.69) is 10.3 Å². The van der Waals surface area contributed by atoms with Gasteiger partial charge in [0, 0.05) is 23.9 Å². The van der Waals surface area contributed by atoms with Gasteiger partial charge in [-0.25, -0.2) is 13.8 Å². The molecule has 0 radical (unpaired) electrons. The zero-order chi connectivity index (χ0) is 14.1. The minimum absolute atomic E-state index is 0.0730. The van der Waals surface area contributed by atoms with E-state index in [9.17, 15) is 8.78 Å². The highest BCUT2D eigenvalue weighted by Crippen LogP contribution is 2.36. The molecule has 2 aliphatic rings. The van der Waals surface area contributed by atoms with E-state index in [1.54, 1.807) is 0 Å². The van der Waals surface area contributed by atoms with Crippen LogP contribution < -0.4 is 15.8 Å². The molecule has 1 aliphatic heterocycles. The second-order valence-corrected chi connectivity index (χ2v) is 5.19. The van der Waals surface area contributed by atoms with Crippen molar-refractivity contribution in [2.75, 3.05) is 6.61 Å². The smallest absolute Gasteiger partial charge is 0.243 e. The Bertz CT molecular complexity index is 521. The number of ether oxygens (including phenoxy) is 1. The Kier molecular flexibility index (Phi) is 3.46. The van der Waals surface area contributed by atoms with Crippen LogP contribution in [0, 0.1) is 5.92 Å². The van der Waals surface area contributed by atoms with Crippen LogP contribution in [-0.4, -0.2) is 25.0 Å². The predicted octanol–water partition coefficient (Wildman–Crippen LogP) is 2.07. The number of hydrogen-bond donors (Lipinski definition) is 2. The number of halogens is 2. The summed E-state index contributed by atoms with van der Waals surface area (Å²) in [5.41, 5.74) is 6.81. The van der Waals surface area contributed by atoms with E-state index in [1.807, 2.05) is 24.3 Å². The standard InChI is InChI=1S/C14H17F2N3O/c15-13(16)9-7-11(9)19-14(17)18-10-5-6-20-12-4-2-1-3-8(10)12/h1-4,9-11,13H,5-7H2,(H3,17,18,19)/t9-,10?,11-/m0/s1. The second kappa shape index (κ2) is 5.26. The molecule has 108 valence electrons. The highest BCUT2D eigenvalue weighted by Gasteiger charge is 2.44. The topological polar surface area (TPSA) is 59.6 Å². The number of nitrogens with two attached hydrogens (primary N) is 1. The van der Waals surface area contributed by atoms with Gasteiger partial charge in [-0.15, -0.1) is 0 Å². The van der Waals surface area contributed by atoms with Gasteiger partial charge in [0.2, 0.25) is 6.43 Å². The summed E-state index contributed by atoms with van der Waals surface area (Å²) >= 11 is 0. The highest BCUT2D eigenvalue weighted by atomic mass is 19.3. The van der Waals surface area contributed by atoms with Gasteiger partial charge < -0.3 is 15.8 Å². The predicted molar refractivity (Wildman–Crippen MR) is 72.0 cm³/mol. The average Bonchev–Trinajstić information content (AvgIpc) is 3.18. The zero-order valence-corrected chi connectivity index (χ0v) is 10.9. The summed E-state index contributed by atoms with van der Waals surface area (Å²) in [7, 11) is 0. The lowest BCUT2D eigenvalue weighted by Crippen LogP contribution is -2.35. The number of guanidine groups is 1. The molecule has 6 heteroatoms. The number of aliphatic imine (C=N–C) groups is 1. The summed E-state index contributed by atoms with van der Waals surface area (Å²) < 4.78 is 30.4. The lowest BCUT2D eigenvalue weighted by molar-refractivity contribution is 0.119. The zero-order valence-electron chi connectivity index (χ0n) is 10.9. The number of fused-ring (bicyclic) bond motifs is 1. The van der Waals surface area contributed by atoms with Gasteiger partial charge in [0.1, 0.15) is 5.75 Å². The first kappa shape index (κ1) is 13.1. The first-order chi connectivity index (χ1) is 9.65. The fourth-order valence-corrected chi connectivity index (χ4v) is 2.51. The molecule has 0 aromatic heterocycles. The third kappa shape index (κ3) is 2.69. The molecule has 3 rings (SSSR count). The van der Waals surface area contributed by atoms with Crippen molar-refractivity contribution >= 4 is 5.96 Å². The molecule has 1 aromatic carbocycles. The van der Waals surface area contributed by atoms with Crippen molar-refractivity contribution in [3.63, 3.8) is 0 Å². The third-order valence-electron chi connectivity index (χ3n) is 3.72. The monoisotopic (exact) mass is 281 g/mol. The van der Waals surface area contributed by atoms with Gasteiger partial charge in [-0.1, -0.05) is 18.2 Å². The van der Waals surface area contributed by atoms with Crippen LogP contribution in [0.4, 0.5) is 8.78 Å². The molecule has 3 atom stereocenters. The number of alkyl halides is 2. The van der Waals surface area contributed by atoms with Crippen LogP contribution in [0.2, 0.25) is 0 Å². The summed E-state index contributed by atoms with van der Waals surface area (Å²) in [5.74, 6) is 0.461. The molecule has 0 saturated heterocycles. The summed E-state index contributed by atoms with van der Waals surface area (Å²) in [5, 5.41) is 2.87. The first-order valence-electron chi connectivity index (χ1n) is 6.75. The molecule has 20 heavy (non-hydrogen) atoms. The molecule has 1 aromatic rings. The summed E-state index contributed by atoms with van der Waals surface area (Å²) in [4.78, 5) is 4.41. The molecule has 1 heterocycles. The molecule has 3 N–H and O–H groups in total. The van der Waals surface area contributed by atoms with Crippen LogP contribution in [0.1, 0.15) is 24.4 Å². The van der Waals surface area contributed by atoms with Crippen molar-refractivity contribution in [2.45, 2.75) is 31.4 Å². The van der Waals surface area contributed by atoms with Gasteiger partial charge in [0.05, 0.1) is 12.6 Å². The van der Waals surface area contributed by atoms with Crippen molar-refractivity contribution in [2.24, 2.45) is 16.6 Å². The Hall–Kier alpha value is -1.85. The Morgan fingerprint density at radius 3 is 2.95 bits per heavy atom. The van der Waals surface area contributed by atoms with Crippen LogP contribution in [0.3, 0.4) is 0 Å². The normalized spacial score (nSPS) is 28.8. The van der Waals surface area contributed by atoms with Gasteiger partial charge in [-0.05, 0) is 12.5 Å². The van der Waals surface area contributed by atoms with Crippen LogP contribution in [0.5, 0.6) is 5.75 Å². The Morgan fingerprint density at radius 1 is 1.40 bits per heavy atom. The first-order valence-corrected chi connectivity index (χ1v) is 6.75.